The Bertz CT molecular complexity index is 236. The molecule has 0 aromatic heterocycles. The maximum Gasteiger partial charge on any atom is 0.234 e. The number of hydrogen-bond acceptors (Lipinski definition) is 4. The molecule has 5 nitrogen and oxygen atoms in total. The van der Waals surface area contributed by atoms with Crippen molar-refractivity contribution in [2.24, 2.45) is 11.5 Å². The molecule has 1 heterocycles. The molecule has 3 atom stereocenters. The van der Waals surface area contributed by atoms with Gasteiger partial charge in [0.15, 0.2) is 0 Å². The van der Waals surface area contributed by atoms with Crippen LogP contribution < -0.4 is 11.5 Å². The number of primary amides is 1. The van der Waals surface area contributed by atoms with E-state index in [0.29, 0.717) is 18.6 Å². The molecule has 1 amide bonds. The molecular formula is C12H25N3O2. The topological polar surface area (TPSA) is 81.6 Å². The minimum absolute atomic E-state index is 0.304. The quantitative estimate of drug-likeness (QED) is 0.692. The number of nitrogens with zero attached hydrogens (tertiary/aromatic N) is 1. The molecule has 5 heteroatoms. The lowest BCUT2D eigenvalue weighted by atomic mass is 10.1. The Morgan fingerprint density at radius 3 is 2.29 bits per heavy atom. The summed E-state index contributed by atoms with van der Waals surface area (Å²) in [6.45, 7) is 6.95. The maximum atomic E-state index is 10.9. The zero-order valence-electron chi connectivity index (χ0n) is 10.9. The van der Waals surface area contributed by atoms with Crippen LogP contribution in [0.5, 0.6) is 0 Å². The molecule has 0 aliphatic carbocycles. The maximum absolute atomic E-state index is 10.9. The van der Waals surface area contributed by atoms with Crippen LogP contribution in [0.3, 0.4) is 0 Å². The van der Waals surface area contributed by atoms with Crippen LogP contribution in [0.25, 0.3) is 0 Å². The molecule has 1 fully saturated rings. The van der Waals surface area contributed by atoms with Crippen molar-refractivity contribution in [2.45, 2.75) is 51.4 Å². The van der Waals surface area contributed by atoms with Crippen molar-refractivity contribution >= 4 is 5.91 Å². The molecule has 0 radical (unpaired) electrons. The van der Waals surface area contributed by atoms with E-state index in [9.17, 15) is 4.79 Å². The average Bonchev–Trinajstić information content (AvgIpc) is 2.35. The molecule has 1 aliphatic rings. The first-order valence-corrected chi connectivity index (χ1v) is 6.49. The number of hydrogen-bond donors (Lipinski definition) is 2. The summed E-state index contributed by atoms with van der Waals surface area (Å²) in [4.78, 5) is 13.2. The van der Waals surface area contributed by atoms with E-state index in [-0.39, 0.29) is 0 Å². The van der Waals surface area contributed by atoms with Gasteiger partial charge < -0.3 is 16.2 Å². The van der Waals surface area contributed by atoms with E-state index in [1.807, 2.05) is 0 Å². The fourth-order valence-corrected chi connectivity index (χ4v) is 2.11. The van der Waals surface area contributed by atoms with Crippen LogP contribution >= 0.6 is 0 Å². The number of morpholine rings is 1. The Balaban J connectivity index is 2.38. The van der Waals surface area contributed by atoms with E-state index in [1.165, 1.54) is 0 Å². The molecule has 0 bridgehead atoms. The Hall–Kier alpha value is -0.650. The van der Waals surface area contributed by atoms with E-state index < -0.39 is 11.9 Å². The standard InChI is InChI=1S/C12H25N3O2/c1-3-9-7-15(8-10(4-2)17-9)6-5-11(13)12(14)16/h9-11H,3-8,13H2,1-2H3,(H2,14,16). The summed E-state index contributed by atoms with van der Waals surface area (Å²) in [5.41, 5.74) is 10.8. The van der Waals surface area contributed by atoms with Crippen LogP contribution in [0.15, 0.2) is 0 Å². The fraction of sp³-hybridized carbons (Fsp3) is 0.917. The van der Waals surface area contributed by atoms with E-state index in [4.69, 9.17) is 16.2 Å². The van der Waals surface area contributed by atoms with Gasteiger partial charge in [0.1, 0.15) is 0 Å². The van der Waals surface area contributed by atoms with Gasteiger partial charge in [-0.05, 0) is 19.3 Å². The zero-order chi connectivity index (χ0) is 12.8. The lowest BCUT2D eigenvalue weighted by molar-refractivity contribution is -0.119. The third kappa shape index (κ3) is 4.61. The molecule has 17 heavy (non-hydrogen) atoms. The van der Waals surface area contributed by atoms with E-state index in [1.54, 1.807) is 0 Å². The highest BCUT2D eigenvalue weighted by Gasteiger charge is 2.25. The third-order valence-electron chi connectivity index (χ3n) is 3.34. The Labute approximate surface area is 103 Å². The van der Waals surface area contributed by atoms with Gasteiger partial charge in [-0.25, -0.2) is 0 Å². The molecule has 1 aliphatic heterocycles. The molecule has 1 saturated heterocycles. The Kier molecular flexibility index (Phi) is 5.88. The zero-order valence-corrected chi connectivity index (χ0v) is 10.9. The summed E-state index contributed by atoms with van der Waals surface area (Å²) in [6, 6.07) is -0.530. The molecule has 0 aromatic carbocycles. The second kappa shape index (κ2) is 6.93. The molecule has 100 valence electrons. The summed E-state index contributed by atoms with van der Waals surface area (Å²) >= 11 is 0. The monoisotopic (exact) mass is 243 g/mol. The highest BCUT2D eigenvalue weighted by Crippen LogP contribution is 2.16. The SMILES string of the molecule is CCC1CN(CCC(N)C(N)=O)CC(CC)O1. The van der Waals surface area contributed by atoms with Crippen molar-refractivity contribution < 1.29 is 9.53 Å². The highest BCUT2D eigenvalue weighted by molar-refractivity contribution is 5.79. The van der Waals surface area contributed by atoms with Gasteiger partial charge in [0, 0.05) is 19.6 Å². The molecule has 0 aromatic rings. The smallest absolute Gasteiger partial charge is 0.234 e. The molecule has 0 spiro atoms. The predicted octanol–water partition coefficient (Wildman–Crippen LogP) is 0.0785. The second-order valence-corrected chi connectivity index (χ2v) is 4.75. The number of amides is 1. The van der Waals surface area contributed by atoms with Crippen molar-refractivity contribution in [3.05, 3.63) is 0 Å². The van der Waals surface area contributed by atoms with Crippen LogP contribution in [0.1, 0.15) is 33.1 Å². The number of carbonyl (C=O) groups excluding carboxylic acids is 1. The van der Waals surface area contributed by atoms with Crippen LogP contribution in [0.2, 0.25) is 0 Å². The fourth-order valence-electron chi connectivity index (χ4n) is 2.11. The molecule has 1 rings (SSSR count). The van der Waals surface area contributed by atoms with Crippen molar-refractivity contribution in [2.75, 3.05) is 19.6 Å². The van der Waals surface area contributed by atoms with Gasteiger partial charge in [0.25, 0.3) is 0 Å². The first-order valence-electron chi connectivity index (χ1n) is 6.49. The molecule has 3 unspecified atom stereocenters. The van der Waals surface area contributed by atoms with Crippen LogP contribution in [-0.4, -0.2) is 48.7 Å². The van der Waals surface area contributed by atoms with Gasteiger partial charge in [0.05, 0.1) is 18.2 Å². The second-order valence-electron chi connectivity index (χ2n) is 4.75. The number of carbonyl (C=O) groups is 1. The van der Waals surface area contributed by atoms with Gasteiger partial charge in [-0.1, -0.05) is 13.8 Å². The first-order chi connectivity index (χ1) is 8.06. The van der Waals surface area contributed by atoms with Gasteiger partial charge in [-0.3, -0.25) is 9.69 Å². The normalized spacial score (nSPS) is 27.9. The van der Waals surface area contributed by atoms with Crippen molar-refractivity contribution in [3.63, 3.8) is 0 Å². The summed E-state index contributed by atoms with van der Waals surface area (Å²) in [5.74, 6) is -0.419. The van der Waals surface area contributed by atoms with Crippen LogP contribution in [0.4, 0.5) is 0 Å². The highest BCUT2D eigenvalue weighted by atomic mass is 16.5. The Morgan fingerprint density at radius 1 is 1.35 bits per heavy atom. The summed E-state index contributed by atoms with van der Waals surface area (Å²) in [7, 11) is 0. The summed E-state index contributed by atoms with van der Waals surface area (Å²) < 4.78 is 5.90. The molecule has 0 saturated carbocycles. The largest absolute Gasteiger partial charge is 0.372 e. The van der Waals surface area contributed by atoms with Crippen molar-refractivity contribution in [3.8, 4) is 0 Å². The van der Waals surface area contributed by atoms with E-state index >= 15 is 0 Å². The van der Waals surface area contributed by atoms with Gasteiger partial charge in [0.2, 0.25) is 5.91 Å². The van der Waals surface area contributed by atoms with Crippen molar-refractivity contribution in [1.82, 2.24) is 4.90 Å². The minimum atomic E-state index is -0.530. The third-order valence-corrected chi connectivity index (χ3v) is 3.34. The number of nitrogens with two attached hydrogens (primary N) is 2. The van der Waals surface area contributed by atoms with Crippen LogP contribution in [0, 0.1) is 0 Å². The van der Waals surface area contributed by atoms with E-state index in [0.717, 1.165) is 32.5 Å². The van der Waals surface area contributed by atoms with Gasteiger partial charge >= 0.3 is 0 Å². The van der Waals surface area contributed by atoms with Gasteiger partial charge in [-0.2, -0.15) is 0 Å². The van der Waals surface area contributed by atoms with Gasteiger partial charge in [-0.15, -0.1) is 0 Å². The summed E-state index contributed by atoms with van der Waals surface area (Å²) in [6.07, 6.45) is 3.28. The number of rotatable bonds is 6. The van der Waals surface area contributed by atoms with E-state index in [2.05, 4.69) is 18.7 Å². The summed E-state index contributed by atoms with van der Waals surface area (Å²) in [5, 5.41) is 0. The lowest BCUT2D eigenvalue weighted by Gasteiger charge is -2.37. The molecular weight excluding hydrogens is 218 g/mol. The van der Waals surface area contributed by atoms with Crippen LogP contribution in [-0.2, 0) is 9.53 Å². The first kappa shape index (κ1) is 14.4. The van der Waals surface area contributed by atoms with Crippen molar-refractivity contribution in [1.29, 1.82) is 0 Å². The predicted molar refractivity (Wildman–Crippen MR) is 67.5 cm³/mol. The Morgan fingerprint density at radius 2 is 1.88 bits per heavy atom. The number of ether oxygens (including phenoxy) is 1. The average molecular weight is 243 g/mol. The lowest BCUT2D eigenvalue weighted by Crippen LogP contribution is -2.49. The minimum Gasteiger partial charge on any atom is -0.372 e. The molecule has 4 N–H and O–H groups in total.